The van der Waals surface area contributed by atoms with Crippen LogP contribution in [0.5, 0.6) is 0 Å². The molecule has 0 aliphatic heterocycles. The summed E-state index contributed by atoms with van der Waals surface area (Å²) in [6.07, 6.45) is 19.0. The number of hydrogen-bond donors (Lipinski definition) is 2. The van der Waals surface area contributed by atoms with E-state index in [0.29, 0.717) is 0 Å². The van der Waals surface area contributed by atoms with Gasteiger partial charge in [0.05, 0.1) is 12.5 Å². The molecule has 0 aliphatic carbocycles. The summed E-state index contributed by atoms with van der Waals surface area (Å²) < 4.78 is 5.39. The molecule has 0 bridgehead atoms. The van der Waals surface area contributed by atoms with Gasteiger partial charge in [-0.1, -0.05) is 96.8 Å². The van der Waals surface area contributed by atoms with Gasteiger partial charge in [0.25, 0.3) is 0 Å². The molecule has 140 valence electrons. The van der Waals surface area contributed by atoms with Crippen molar-refractivity contribution in [3.05, 3.63) is 0 Å². The van der Waals surface area contributed by atoms with Crippen LogP contribution in [0.3, 0.4) is 0 Å². The van der Waals surface area contributed by atoms with E-state index >= 15 is 0 Å². The molecule has 4 heteroatoms. The van der Waals surface area contributed by atoms with Crippen molar-refractivity contribution < 1.29 is 14.6 Å². The molecule has 0 heterocycles. The van der Waals surface area contributed by atoms with Gasteiger partial charge < -0.3 is 14.6 Å². The second-order valence-corrected chi connectivity index (χ2v) is 11.0. The molecule has 0 aromatic rings. The number of hydrogen-bond acceptors (Lipinski definition) is 3. The van der Waals surface area contributed by atoms with Crippen LogP contribution >= 0.6 is 0 Å². The molecule has 0 rings (SSSR count). The standard InChI is InChI=1S/C19H42O3Si/c1-3-4-5-6-7-8-9-10-11-12-13-14-15-16-17-23(18-20,19-21)22-2/h20-21H,3-19H2,1-2H3. The van der Waals surface area contributed by atoms with Crippen molar-refractivity contribution in [1.29, 1.82) is 0 Å². The van der Waals surface area contributed by atoms with E-state index in [2.05, 4.69) is 6.92 Å². The van der Waals surface area contributed by atoms with Crippen LogP contribution in [-0.4, -0.2) is 38.1 Å². The predicted molar refractivity (Wildman–Crippen MR) is 102 cm³/mol. The number of aliphatic hydroxyl groups excluding tert-OH is 2. The fourth-order valence-corrected chi connectivity index (χ4v) is 4.85. The third-order valence-electron chi connectivity index (χ3n) is 5.00. The lowest BCUT2D eigenvalue weighted by Crippen LogP contribution is -2.46. The molecule has 3 nitrogen and oxygen atoms in total. The van der Waals surface area contributed by atoms with Crippen LogP contribution in [0.15, 0.2) is 0 Å². The van der Waals surface area contributed by atoms with Gasteiger partial charge in [-0.15, -0.1) is 0 Å². The molecule has 23 heavy (non-hydrogen) atoms. The van der Waals surface area contributed by atoms with Crippen LogP contribution in [0.4, 0.5) is 0 Å². The van der Waals surface area contributed by atoms with E-state index < -0.39 is 8.32 Å². The lowest BCUT2D eigenvalue weighted by Gasteiger charge is -2.24. The Balaban J connectivity index is 3.25. The molecule has 0 aromatic heterocycles. The zero-order valence-corrected chi connectivity index (χ0v) is 16.8. The second kappa shape index (κ2) is 16.9. The summed E-state index contributed by atoms with van der Waals surface area (Å²) in [5.41, 5.74) is 0. The first-order valence-corrected chi connectivity index (χ1v) is 12.5. The molecular formula is C19H42O3Si. The zero-order chi connectivity index (χ0) is 17.2. The fraction of sp³-hybridized carbons (Fsp3) is 1.00. The monoisotopic (exact) mass is 346 g/mol. The molecule has 0 saturated carbocycles. The van der Waals surface area contributed by atoms with Gasteiger partial charge in [-0.3, -0.25) is 0 Å². The summed E-state index contributed by atoms with van der Waals surface area (Å²) in [7, 11) is -0.582. The van der Waals surface area contributed by atoms with Gasteiger partial charge in [0, 0.05) is 7.11 Å². The van der Waals surface area contributed by atoms with E-state index in [1.807, 2.05) is 0 Å². The molecular weight excluding hydrogens is 304 g/mol. The molecule has 2 N–H and O–H groups in total. The van der Waals surface area contributed by atoms with Crippen LogP contribution in [0, 0.1) is 0 Å². The van der Waals surface area contributed by atoms with Crippen LogP contribution in [-0.2, 0) is 4.43 Å². The van der Waals surface area contributed by atoms with Crippen molar-refractivity contribution in [2.45, 2.75) is 103 Å². The Morgan fingerprint density at radius 1 is 0.609 bits per heavy atom. The highest BCUT2D eigenvalue weighted by molar-refractivity contribution is 6.73. The first-order chi connectivity index (χ1) is 11.2. The van der Waals surface area contributed by atoms with Crippen molar-refractivity contribution in [3.63, 3.8) is 0 Å². The maximum absolute atomic E-state index is 9.36. The van der Waals surface area contributed by atoms with Gasteiger partial charge in [0.1, 0.15) is 0 Å². The molecule has 0 unspecified atom stereocenters. The third-order valence-corrected chi connectivity index (χ3v) is 8.28. The summed E-state index contributed by atoms with van der Waals surface area (Å²) in [4.78, 5) is 0. The number of aliphatic hydroxyl groups is 2. The van der Waals surface area contributed by atoms with Crippen LogP contribution in [0.2, 0.25) is 6.04 Å². The Labute approximate surface area is 146 Å². The molecule has 0 amide bonds. The molecule has 0 atom stereocenters. The molecule has 0 saturated heterocycles. The molecule has 0 aromatic carbocycles. The van der Waals surface area contributed by atoms with Crippen LogP contribution in [0.25, 0.3) is 0 Å². The SMILES string of the molecule is CCCCCCCCCCCCCCCC[Si](CO)(CO)OC. The smallest absolute Gasteiger partial charge is 0.242 e. The van der Waals surface area contributed by atoms with E-state index in [9.17, 15) is 10.2 Å². The van der Waals surface area contributed by atoms with E-state index in [1.165, 1.54) is 83.5 Å². The average molecular weight is 347 g/mol. The first kappa shape index (κ1) is 23.1. The van der Waals surface area contributed by atoms with Crippen molar-refractivity contribution in [1.82, 2.24) is 0 Å². The Bertz CT molecular complexity index is 224. The maximum atomic E-state index is 9.36. The van der Waals surface area contributed by atoms with Crippen molar-refractivity contribution in [3.8, 4) is 0 Å². The van der Waals surface area contributed by atoms with Gasteiger partial charge in [-0.2, -0.15) is 0 Å². The second-order valence-electron chi connectivity index (χ2n) is 7.05. The molecule has 0 fully saturated rings. The normalized spacial score (nSPS) is 12.0. The Kier molecular flexibility index (Phi) is 17.0. The zero-order valence-electron chi connectivity index (χ0n) is 15.8. The van der Waals surface area contributed by atoms with Gasteiger partial charge in [-0.05, 0) is 6.04 Å². The van der Waals surface area contributed by atoms with Gasteiger partial charge in [0.2, 0.25) is 8.32 Å². The highest BCUT2D eigenvalue weighted by atomic mass is 28.4. The Hall–Kier alpha value is 0.0969. The van der Waals surface area contributed by atoms with Crippen LogP contribution in [0.1, 0.15) is 96.8 Å². The minimum Gasteiger partial charge on any atom is -0.415 e. The third kappa shape index (κ3) is 13.1. The summed E-state index contributed by atoms with van der Waals surface area (Å²) in [6, 6.07) is 0.883. The van der Waals surface area contributed by atoms with Gasteiger partial charge in [0.15, 0.2) is 0 Å². The Morgan fingerprint density at radius 3 is 1.26 bits per heavy atom. The number of rotatable bonds is 18. The summed E-state index contributed by atoms with van der Waals surface area (Å²) in [6.45, 7) is 2.27. The minimum absolute atomic E-state index is 0.0401. The molecule has 0 spiro atoms. The van der Waals surface area contributed by atoms with Crippen molar-refractivity contribution >= 4 is 8.32 Å². The summed E-state index contributed by atoms with van der Waals surface area (Å²) in [5.74, 6) is 0. The van der Waals surface area contributed by atoms with Crippen LogP contribution < -0.4 is 0 Å². The largest absolute Gasteiger partial charge is 0.415 e. The highest BCUT2D eigenvalue weighted by Crippen LogP contribution is 2.17. The van der Waals surface area contributed by atoms with E-state index in [1.54, 1.807) is 7.11 Å². The Morgan fingerprint density at radius 2 is 0.957 bits per heavy atom. The molecule has 0 radical (unpaired) electrons. The maximum Gasteiger partial charge on any atom is 0.242 e. The minimum atomic E-state index is -2.21. The number of unbranched alkanes of at least 4 members (excludes halogenated alkanes) is 13. The molecule has 0 aliphatic rings. The van der Waals surface area contributed by atoms with Gasteiger partial charge in [-0.25, -0.2) is 0 Å². The van der Waals surface area contributed by atoms with E-state index in [0.717, 1.165) is 12.5 Å². The van der Waals surface area contributed by atoms with Crippen molar-refractivity contribution in [2.75, 3.05) is 19.6 Å². The first-order valence-electron chi connectivity index (χ1n) is 10.0. The lowest BCUT2D eigenvalue weighted by atomic mass is 10.0. The summed E-state index contributed by atoms with van der Waals surface area (Å²) >= 11 is 0. The predicted octanol–water partition coefficient (Wildman–Crippen LogP) is 5.12. The average Bonchev–Trinajstić information content (AvgIpc) is 2.59. The highest BCUT2D eigenvalue weighted by Gasteiger charge is 2.31. The topological polar surface area (TPSA) is 49.7 Å². The summed E-state index contributed by atoms with van der Waals surface area (Å²) in [5, 5.41) is 18.7. The van der Waals surface area contributed by atoms with Crippen molar-refractivity contribution in [2.24, 2.45) is 0 Å². The van der Waals surface area contributed by atoms with Gasteiger partial charge >= 0.3 is 0 Å². The quantitative estimate of drug-likeness (QED) is 0.267. The van der Waals surface area contributed by atoms with E-state index in [-0.39, 0.29) is 12.5 Å². The lowest BCUT2D eigenvalue weighted by molar-refractivity contribution is 0.252. The van der Waals surface area contributed by atoms with E-state index in [4.69, 9.17) is 4.43 Å². The fourth-order valence-electron chi connectivity index (χ4n) is 3.08.